The van der Waals surface area contributed by atoms with Crippen molar-refractivity contribution in [2.45, 2.75) is 25.2 Å². The third kappa shape index (κ3) is 3.64. The zero-order chi connectivity index (χ0) is 13.7. The van der Waals surface area contributed by atoms with Crippen LogP contribution in [0.25, 0.3) is 0 Å². The van der Waals surface area contributed by atoms with E-state index in [-0.39, 0.29) is 11.7 Å². The van der Waals surface area contributed by atoms with E-state index < -0.39 is 5.82 Å². The van der Waals surface area contributed by atoms with Crippen LogP contribution in [0.5, 0.6) is 0 Å². The molecule has 1 heterocycles. The van der Waals surface area contributed by atoms with Gasteiger partial charge in [-0.2, -0.15) is 0 Å². The number of furan rings is 1. The van der Waals surface area contributed by atoms with E-state index in [9.17, 15) is 8.78 Å². The largest absolute Gasteiger partial charge is 0.469 e. The van der Waals surface area contributed by atoms with Crippen LogP contribution in [0.4, 0.5) is 8.78 Å². The lowest BCUT2D eigenvalue weighted by Gasteiger charge is -2.16. The normalized spacial score (nSPS) is 12.6. The fourth-order valence-corrected chi connectivity index (χ4v) is 2.26. The summed E-state index contributed by atoms with van der Waals surface area (Å²) in [5.41, 5.74) is 5.96. The summed E-state index contributed by atoms with van der Waals surface area (Å²) < 4.78 is 32.3. The molecule has 2 nitrogen and oxygen atoms in total. The van der Waals surface area contributed by atoms with Gasteiger partial charge in [-0.05, 0) is 61.2 Å². The predicted octanol–water partition coefficient (Wildman–Crippen LogP) is 3.62. The van der Waals surface area contributed by atoms with Crippen molar-refractivity contribution >= 4 is 0 Å². The molecule has 1 atom stereocenters. The SMILES string of the molecule is NCCC(CCc1ccco1)c1cc(F)ccc1F. The van der Waals surface area contributed by atoms with Gasteiger partial charge < -0.3 is 10.2 Å². The molecule has 102 valence electrons. The quantitative estimate of drug-likeness (QED) is 0.866. The molecule has 0 fully saturated rings. The minimum Gasteiger partial charge on any atom is -0.469 e. The van der Waals surface area contributed by atoms with Crippen molar-refractivity contribution < 1.29 is 13.2 Å². The maximum atomic E-state index is 13.8. The number of rotatable bonds is 6. The maximum absolute atomic E-state index is 13.8. The summed E-state index contributed by atoms with van der Waals surface area (Å²) in [5.74, 6) is -0.0413. The van der Waals surface area contributed by atoms with Crippen molar-refractivity contribution in [2.75, 3.05) is 6.54 Å². The third-order valence-corrected chi connectivity index (χ3v) is 3.23. The fourth-order valence-electron chi connectivity index (χ4n) is 2.26. The molecule has 1 unspecified atom stereocenters. The Hall–Kier alpha value is -1.68. The molecule has 0 aliphatic heterocycles. The first-order chi connectivity index (χ1) is 9.20. The number of hydrogen-bond acceptors (Lipinski definition) is 2. The van der Waals surface area contributed by atoms with E-state index in [1.54, 1.807) is 6.26 Å². The first-order valence-electron chi connectivity index (χ1n) is 6.38. The van der Waals surface area contributed by atoms with Crippen LogP contribution in [0, 0.1) is 11.6 Å². The molecular formula is C15H17F2NO. The van der Waals surface area contributed by atoms with Gasteiger partial charge in [-0.25, -0.2) is 8.78 Å². The Balaban J connectivity index is 2.12. The highest BCUT2D eigenvalue weighted by Crippen LogP contribution is 2.27. The van der Waals surface area contributed by atoms with Crippen LogP contribution in [-0.4, -0.2) is 6.54 Å². The molecule has 19 heavy (non-hydrogen) atoms. The summed E-state index contributed by atoms with van der Waals surface area (Å²) in [7, 11) is 0. The number of aryl methyl sites for hydroxylation is 1. The second-order valence-corrected chi connectivity index (χ2v) is 4.56. The third-order valence-electron chi connectivity index (χ3n) is 3.23. The molecule has 4 heteroatoms. The van der Waals surface area contributed by atoms with Gasteiger partial charge in [0.15, 0.2) is 0 Å². The van der Waals surface area contributed by atoms with E-state index in [1.807, 2.05) is 12.1 Å². The minimum atomic E-state index is -0.420. The molecule has 0 amide bonds. The smallest absolute Gasteiger partial charge is 0.126 e. The number of halogens is 2. The van der Waals surface area contributed by atoms with Crippen LogP contribution in [0.15, 0.2) is 41.0 Å². The van der Waals surface area contributed by atoms with Crippen LogP contribution in [0.2, 0.25) is 0 Å². The molecule has 0 saturated heterocycles. The van der Waals surface area contributed by atoms with E-state index >= 15 is 0 Å². The van der Waals surface area contributed by atoms with Gasteiger partial charge in [0.05, 0.1) is 6.26 Å². The summed E-state index contributed by atoms with van der Waals surface area (Å²) >= 11 is 0. The van der Waals surface area contributed by atoms with Gasteiger partial charge in [-0.1, -0.05) is 0 Å². The molecule has 0 aliphatic rings. The van der Waals surface area contributed by atoms with Crippen LogP contribution in [0.3, 0.4) is 0 Å². The van der Waals surface area contributed by atoms with E-state index in [2.05, 4.69) is 0 Å². The van der Waals surface area contributed by atoms with E-state index in [0.29, 0.717) is 31.4 Å². The van der Waals surface area contributed by atoms with Crippen LogP contribution in [-0.2, 0) is 6.42 Å². The van der Waals surface area contributed by atoms with Crippen molar-refractivity contribution in [3.63, 3.8) is 0 Å². The number of nitrogens with two attached hydrogens (primary N) is 1. The first-order valence-corrected chi connectivity index (χ1v) is 6.38. The Morgan fingerprint density at radius 3 is 2.68 bits per heavy atom. The molecule has 0 radical (unpaired) electrons. The van der Waals surface area contributed by atoms with E-state index in [1.165, 1.54) is 12.1 Å². The number of benzene rings is 1. The highest BCUT2D eigenvalue weighted by atomic mass is 19.1. The summed E-state index contributed by atoms with van der Waals surface area (Å²) in [6.07, 6.45) is 3.61. The van der Waals surface area contributed by atoms with Crippen LogP contribution >= 0.6 is 0 Å². The average molecular weight is 265 g/mol. The topological polar surface area (TPSA) is 39.2 Å². The summed E-state index contributed by atoms with van der Waals surface area (Å²) in [6.45, 7) is 0.443. The predicted molar refractivity (Wildman–Crippen MR) is 69.8 cm³/mol. The molecule has 2 N–H and O–H groups in total. The molecular weight excluding hydrogens is 248 g/mol. The highest BCUT2D eigenvalue weighted by molar-refractivity contribution is 5.23. The van der Waals surface area contributed by atoms with Crippen molar-refractivity contribution in [3.8, 4) is 0 Å². The van der Waals surface area contributed by atoms with Gasteiger partial charge in [0, 0.05) is 6.42 Å². The molecule has 1 aromatic heterocycles. The second kappa shape index (κ2) is 6.48. The fraction of sp³-hybridized carbons (Fsp3) is 0.333. The van der Waals surface area contributed by atoms with Crippen molar-refractivity contribution in [3.05, 3.63) is 59.6 Å². The van der Waals surface area contributed by atoms with Gasteiger partial charge >= 0.3 is 0 Å². The molecule has 0 bridgehead atoms. The lowest BCUT2D eigenvalue weighted by molar-refractivity contribution is 0.469. The molecule has 2 aromatic rings. The van der Waals surface area contributed by atoms with Crippen LogP contribution < -0.4 is 5.73 Å². The zero-order valence-electron chi connectivity index (χ0n) is 10.6. The Morgan fingerprint density at radius 1 is 1.16 bits per heavy atom. The van der Waals surface area contributed by atoms with Gasteiger partial charge in [0.25, 0.3) is 0 Å². The molecule has 0 spiro atoms. The Bertz CT molecular complexity index is 511. The van der Waals surface area contributed by atoms with Gasteiger partial charge in [0.2, 0.25) is 0 Å². The lowest BCUT2D eigenvalue weighted by atomic mass is 9.90. The average Bonchev–Trinajstić information content (AvgIpc) is 2.91. The Morgan fingerprint density at radius 2 is 2.00 bits per heavy atom. The zero-order valence-corrected chi connectivity index (χ0v) is 10.6. The minimum absolute atomic E-state index is 0.0919. The highest BCUT2D eigenvalue weighted by Gasteiger charge is 2.16. The van der Waals surface area contributed by atoms with Gasteiger partial charge in [0.1, 0.15) is 17.4 Å². The summed E-state index contributed by atoms with van der Waals surface area (Å²) in [5, 5.41) is 0. The first kappa shape index (κ1) is 13.7. The monoisotopic (exact) mass is 265 g/mol. The maximum Gasteiger partial charge on any atom is 0.126 e. The van der Waals surface area contributed by atoms with Gasteiger partial charge in [-0.15, -0.1) is 0 Å². The molecule has 0 aliphatic carbocycles. The Labute approximate surface area is 111 Å². The van der Waals surface area contributed by atoms with Crippen molar-refractivity contribution in [1.82, 2.24) is 0 Å². The van der Waals surface area contributed by atoms with E-state index in [0.717, 1.165) is 11.8 Å². The summed E-state index contributed by atoms with van der Waals surface area (Å²) in [4.78, 5) is 0. The molecule has 1 aromatic carbocycles. The molecule has 0 saturated carbocycles. The van der Waals surface area contributed by atoms with Crippen molar-refractivity contribution in [1.29, 1.82) is 0 Å². The van der Waals surface area contributed by atoms with E-state index in [4.69, 9.17) is 10.2 Å². The second-order valence-electron chi connectivity index (χ2n) is 4.56. The van der Waals surface area contributed by atoms with Crippen molar-refractivity contribution in [2.24, 2.45) is 5.73 Å². The standard InChI is InChI=1S/C15H17F2NO/c16-12-4-6-15(17)14(10-12)11(7-8-18)3-5-13-2-1-9-19-13/h1-2,4,6,9-11H,3,5,7-8,18H2. The van der Waals surface area contributed by atoms with Gasteiger partial charge in [-0.3, -0.25) is 0 Å². The number of hydrogen-bond donors (Lipinski definition) is 1. The Kier molecular flexibility index (Phi) is 4.68. The lowest BCUT2D eigenvalue weighted by Crippen LogP contribution is -2.10. The van der Waals surface area contributed by atoms with Crippen LogP contribution in [0.1, 0.15) is 30.1 Å². The summed E-state index contributed by atoms with van der Waals surface area (Å²) in [6, 6.07) is 7.25. The molecule has 2 rings (SSSR count).